The molecule has 268 valence electrons. The zero-order chi connectivity index (χ0) is 38.8. The van der Waals surface area contributed by atoms with E-state index in [1.165, 1.54) is 32.9 Å². The van der Waals surface area contributed by atoms with Crippen molar-refractivity contribution in [1.29, 1.82) is 0 Å². The third-order valence-corrected chi connectivity index (χ3v) is 10.5. The molecule has 8 rings (SSSR count). The van der Waals surface area contributed by atoms with Crippen LogP contribution in [0.1, 0.15) is 0 Å². The van der Waals surface area contributed by atoms with E-state index in [0.717, 1.165) is 66.6 Å². The predicted octanol–water partition coefficient (Wildman–Crippen LogP) is 14.8. The topological polar surface area (TPSA) is 9.86 Å². The van der Waals surface area contributed by atoms with Gasteiger partial charge in [-0.3, -0.25) is 0 Å². The molecule has 0 N–H and O–H groups in total. The van der Waals surface area contributed by atoms with Gasteiger partial charge in [0.2, 0.25) is 0 Å². The predicted molar refractivity (Wildman–Crippen MR) is 244 cm³/mol. The number of para-hydroxylation sites is 3. The second-order valence-corrected chi connectivity index (χ2v) is 13.8. The summed E-state index contributed by atoms with van der Waals surface area (Å²) in [7, 11) is 0. The van der Waals surface area contributed by atoms with Crippen LogP contribution in [0.3, 0.4) is 0 Å². The first-order valence-corrected chi connectivity index (χ1v) is 18.7. The Morgan fingerprint density at radius 1 is 0.446 bits per heavy atom. The molecule has 2 aromatic heterocycles. The Labute approximate surface area is 329 Å². The summed E-state index contributed by atoms with van der Waals surface area (Å²) >= 11 is 0. The first kappa shape index (κ1) is 35.6. The molecule has 0 unspecified atom stereocenters. The van der Waals surface area contributed by atoms with Gasteiger partial charge in [0.25, 0.3) is 0 Å². The first-order chi connectivity index (χ1) is 27.4. The minimum atomic E-state index is 0.765. The van der Waals surface area contributed by atoms with Crippen molar-refractivity contribution in [2.75, 3.05) is 0 Å². The molecule has 2 heteroatoms. The Morgan fingerprint density at radius 3 is 1.70 bits per heavy atom. The standard InChI is InChI=1S/C54H42N2/c1-7-9-20-37(3)38(4)29-30-39(5)40(6)49(19-8-2)55-51-27-17-14-24-45(51)47-35-42(31-33-53(47)55)43-32-34-54-48(36-43)46-25-15-18-28-52(46)56(54)50-26-16-13-23-44(50)41-21-11-10-12-22-41/h7-36H,1-6H2/b20-9-,30-29-,49-19+. The minimum Gasteiger partial charge on any atom is -0.309 e. The molecule has 0 bridgehead atoms. The molecule has 8 aromatic rings. The minimum absolute atomic E-state index is 0.765. The maximum Gasteiger partial charge on any atom is 0.0541 e. The van der Waals surface area contributed by atoms with Crippen LogP contribution < -0.4 is 0 Å². The molecular formula is C54H42N2. The number of nitrogens with zero attached hydrogens (tertiary/aromatic N) is 2. The van der Waals surface area contributed by atoms with Crippen LogP contribution in [0.25, 0.3) is 77.2 Å². The first-order valence-electron chi connectivity index (χ1n) is 18.7. The number of hydrogen-bond acceptors (Lipinski definition) is 0. The van der Waals surface area contributed by atoms with Crippen molar-refractivity contribution < 1.29 is 0 Å². The number of benzene rings is 6. The molecule has 0 atom stereocenters. The Morgan fingerprint density at radius 2 is 0.982 bits per heavy atom. The Balaban J connectivity index is 1.23. The van der Waals surface area contributed by atoms with Gasteiger partial charge in [-0.1, -0.05) is 173 Å². The summed E-state index contributed by atoms with van der Waals surface area (Å²) in [5.74, 6) is 0. The lowest BCUT2D eigenvalue weighted by molar-refractivity contribution is 1.18. The van der Waals surface area contributed by atoms with Crippen LogP contribution in [0.5, 0.6) is 0 Å². The van der Waals surface area contributed by atoms with Crippen molar-refractivity contribution in [3.05, 3.63) is 244 Å². The van der Waals surface area contributed by atoms with E-state index in [4.69, 9.17) is 0 Å². The fourth-order valence-corrected chi connectivity index (χ4v) is 7.64. The molecule has 0 aliphatic heterocycles. The number of fused-ring (bicyclic) bond motifs is 6. The largest absolute Gasteiger partial charge is 0.309 e. The second kappa shape index (κ2) is 15.1. The summed E-state index contributed by atoms with van der Waals surface area (Å²) < 4.78 is 4.67. The maximum absolute atomic E-state index is 4.51. The molecule has 2 heterocycles. The average Bonchev–Trinajstić information content (AvgIpc) is 3.75. The number of aromatic nitrogens is 2. The van der Waals surface area contributed by atoms with E-state index in [1.54, 1.807) is 12.2 Å². The smallest absolute Gasteiger partial charge is 0.0541 e. The SMILES string of the molecule is C=C/C=C\C(=C)C(=C)/C=C\C(=C)C(=C)/C(=C\C=C)n1c2ccccc2c2cc(-c3ccc4c(c3)c3ccccc3n4-c3ccccc3-c3ccccc3)ccc21. The summed E-state index contributed by atoms with van der Waals surface area (Å²) in [6.07, 6.45) is 13.1. The molecule has 0 fully saturated rings. The van der Waals surface area contributed by atoms with Gasteiger partial charge in [0.15, 0.2) is 0 Å². The summed E-state index contributed by atoms with van der Waals surface area (Å²) in [6.45, 7) is 25.0. The van der Waals surface area contributed by atoms with Gasteiger partial charge in [-0.2, -0.15) is 0 Å². The molecule has 0 saturated heterocycles. The molecule has 0 radical (unpaired) electrons. The van der Waals surface area contributed by atoms with E-state index >= 15 is 0 Å². The molecule has 0 aliphatic rings. The highest BCUT2D eigenvalue weighted by atomic mass is 15.0. The lowest BCUT2D eigenvalue weighted by Crippen LogP contribution is -2.01. The van der Waals surface area contributed by atoms with Crippen molar-refractivity contribution in [3.63, 3.8) is 0 Å². The third kappa shape index (κ3) is 6.34. The Hall–Kier alpha value is -7.42. The lowest BCUT2D eigenvalue weighted by atomic mass is 10.00. The van der Waals surface area contributed by atoms with Gasteiger partial charge in [-0.15, -0.1) is 0 Å². The molecule has 56 heavy (non-hydrogen) atoms. The number of rotatable bonds is 12. The van der Waals surface area contributed by atoms with Crippen LogP contribution in [-0.2, 0) is 0 Å². The van der Waals surface area contributed by atoms with Gasteiger partial charge in [-0.25, -0.2) is 0 Å². The summed E-state index contributed by atoms with van der Waals surface area (Å²) in [5.41, 5.74) is 14.4. The summed E-state index contributed by atoms with van der Waals surface area (Å²) in [6, 6.07) is 50.1. The van der Waals surface area contributed by atoms with E-state index in [-0.39, 0.29) is 0 Å². The van der Waals surface area contributed by atoms with Gasteiger partial charge < -0.3 is 9.13 Å². The normalized spacial score (nSPS) is 12.0. The van der Waals surface area contributed by atoms with Crippen LogP contribution in [-0.4, -0.2) is 9.13 Å². The Bertz CT molecular complexity index is 3000. The second-order valence-electron chi connectivity index (χ2n) is 13.8. The van der Waals surface area contributed by atoms with Crippen LogP contribution in [0.4, 0.5) is 0 Å². The monoisotopic (exact) mass is 718 g/mol. The molecular weight excluding hydrogens is 677 g/mol. The van der Waals surface area contributed by atoms with Crippen LogP contribution in [0.15, 0.2) is 244 Å². The summed E-state index contributed by atoms with van der Waals surface area (Å²) in [4.78, 5) is 0. The van der Waals surface area contributed by atoms with Gasteiger partial charge in [-0.05, 0) is 87.5 Å². The fraction of sp³-hybridized carbons (Fsp3) is 0. The zero-order valence-corrected chi connectivity index (χ0v) is 31.5. The van der Waals surface area contributed by atoms with Crippen LogP contribution in [0.2, 0.25) is 0 Å². The van der Waals surface area contributed by atoms with E-state index in [2.05, 4.69) is 188 Å². The van der Waals surface area contributed by atoms with Crippen molar-refractivity contribution in [2.45, 2.75) is 0 Å². The van der Waals surface area contributed by atoms with Gasteiger partial charge >= 0.3 is 0 Å². The van der Waals surface area contributed by atoms with E-state index in [0.29, 0.717) is 0 Å². The van der Waals surface area contributed by atoms with E-state index < -0.39 is 0 Å². The quantitative estimate of drug-likeness (QED) is 0.111. The summed E-state index contributed by atoms with van der Waals surface area (Å²) in [5, 5.41) is 4.74. The van der Waals surface area contributed by atoms with Gasteiger partial charge in [0, 0.05) is 27.1 Å². The van der Waals surface area contributed by atoms with Crippen LogP contribution >= 0.6 is 0 Å². The van der Waals surface area contributed by atoms with Gasteiger partial charge in [0.1, 0.15) is 0 Å². The molecule has 0 saturated carbocycles. The highest BCUT2D eigenvalue weighted by Crippen LogP contribution is 2.40. The average molecular weight is 719 g/mol. The highest BCUT2D eigenvalue weighted by Gasteiger charge is 2.19. The number of allylic oxidation sites excluding steroid dienone is 12. The van der Waals surface area contributed by atoms with Crippen molar-refractivity contribution in [3.8, 4) is 27.9 Å². The molecule has 0 aliphatic carbocycles. The molecule has 6 aromatic carbocycles. The Kier molecular flexibility index (Phi) is 9.62. The van der Waals surface area contributed by atoms with Crippen molar-refractivity contribution in [2.24, 2.45) is 0 Å². The molecule has 0 amide bonds. The molecule has 0 spiro atoms. The van der Waals surface area contributed by atoms with Crippen molar-refractivity contribution in [1.82, 2.24) is 9.13 Å². The van der Waals surface area contributed by atoms with Gasteiger partial charge in [0.05, 0.1) is 33.5 Å². The van der Waals surface area contributed by atoms with Crippen molar-refractivity contribution >= 4 is 49.3 Å². The van der Waals surface area contributed by atoms with E-state index in [9.17, 15) is 0 Å². The third-order valence-electron chi connectivity index (χ3n) is 10.5. The van der Waals surface area contributed by atoms with Crippen LogP contribution in [0, 0.1) is 0 Å². The lowest BCUT2D eigenvalue weighted by Gasteiger charge is -2.16. The highest BCUT2D eigenvalue weighted by molar-refractivity contribution is 6.13. The fourth-order valence-electron chi connectivity index (χ4n) is 7.64. The van der Waals surface area contributed by atoms with E-state index in [1.807, 2.05) is 30.4 Å². The molecule has 2 nitrogen and oxygen atoms in total. The zero-order valence-electron chi connectivity index (χ0n) is 31.5. The maximum atomic E-state index is 4.51. The number of hydrogen-bond donors (Lipinski definition) is 0.